The quantitative estimate of drug-likeness (QED) is 0.489. The van der Waals surface area contributed by atoms with Gasteiger partial charge in [0.05, 0.1) is 11.3 Å². The van der Waals surface area contributed by atoms with E-state index in [1.165, 1.54) is 23.0 Å². The van der Waals surface area contributed by atoms with E-state index in [2.05, 4.69) is 22.3 Å². The number of carbonyl (C=O) groups excluding carboxylic acids is 1. The number of amides is 1. The predicted octanol–water partition coefficient (Wildman–Crippen LogP) is 4.52. The topological polar surface area (TPSA) is 59.3 Å². The van der Waals surface area contributed by atoms with Crippen molar-refractivity contribution in [2.45, 2.75) is 26.2 Å². The molecule has 2 heterocycles. The number of fused-ring (bicyclic) bond motifs is 1. The van der Waals surface area contributed by atoms with Crippen LogP contribution in [0.1, 0.15) is 35.0 Å². The van der Waals surface area contributed by atoms with Crippen LogP contribution in [0.4, 0.5) is 4.39 Å². The van der Waals surface area contributed by atoms with Crippen LogP contribution < -0.4 is 5.32 Å². The Balaban J connectivity index is 1.41. The zero-order chi connectivity index (χ0) is 20.2. The van der Waals surface area contributed by atoms with Crippen molar-refractivity contribution in [3.63, 3.8) is 0 Å². The average molecular weight is 409 g/mol. The molecule has 2 aromatic heterocycles. The summed E-state index contributed by atoms with van der Waals surface area (Å²) in [5.41, 5.74) is 3.21. The van der Waals surface area contributed by atoms with Crippen LogP contribution >= 0.6 is 11.3 Å². The second kappa shape index (κ2) is 8.53. The Bertz CT molecular complexity index is 1130. The number of halogens is 1. The van der Waals surface area contributed by atoms with Gasteiger partial charge in [0.2, 0.25) is 4.96 Å². The number of benzene rings is 2. The molecule has 1 N–H and O–H groups in total. The Hall–Kier alpha value is -3.06. The van der Waals surface area contributed by atoms with Gasteiger partial charge >= 0.3 is 0 Å². The van der Waals surface area contributed by atoms with Crippen molar-refractivity contribution in [2.75, 3.05) is 6.54 Å². The number of hydrogen-bond acceptors (Lipinski definition) is 4. The number of nitrogens with one attached hydrogen (secondary N) is 1. The van der Waals surface area contributed by atoms with Crippen LogP contribution in [0.25, 0.3) is 16.3 Å². The van der Waals surface area contributed by atoms with E-state index < -0.39 is 0 Å². The summed E-state index contributed by atoms with van der Waals surface area (Å²) in [7, 11) is 0. The lowest BCUT2D eigenvalue weighted by Gasteiger charge is -2.06. The van der Waals surface area contributed by atoms with Gasteiger partial charge in [-0.2, -0.15) is 4.98 Å². The maximum Gasteiger partial charge on any atom is 0.251 e. The van der Waals surface area contributed by atoms with E-state index in [0.29, 0.717) is 34.9 Å². The Labute approximate surface area is 172 Å². The van der Waals surface area contributed by atoms with E-state index in [0.717, 1.165) is 18.5 Å². The minimum atomic E-state index is -0.343. The van der Waals surface area contributed by atoms with Gasteiger partial charge in [-0.05, 0) is 36.2 Å². The Kier molecular flexibility index (Phi) is 5.67. The molecule has 0 fully saturated rings. The fourth-order valence-corrected chi connectivity index (χ4v) is 4.03. The van der Waals surface area contributed by atoms with Gasteiger partial charge in [0, 0.05) is 23.9 Å². The molecule has 0 saturated carbocycles. The van der Waals surface area contributed by atoms with Gasteiger partial charge in [-0.1, -0.05) is 37.6 Å². The summed E-state index contributed by atoms with van der Waals surface area (Å²) in [6.07, 6.45) is 2.71. The van der Waals surface area contributed by atoms with Crippen molar-refractivity contribution in [1.82, 2.24) is 19.9 Å². The molecule has 29 heavy (non-hydrogen) atoms. The molecule has 1 amide bonds. The maximum atomic E-state index is 14.0. The van der Waals surface area contributed by atoms with Crippen molar-refractivity contribution in [1.29, 1.82) is 0 Å². The molecule has 4 aromatic rings. The fourth-order valence-electron chi connectivity index (χ4n) is 3.17. The van der Waals surface area contributed by atoms with E-state index in [4.69, 9.17) is 0 Å². The van der Waals surface area contributed by atoms with E-state index >= 15 is 0 Å². The molecule has 0 bridgehead atoms. The maximum absolute atomic E-state index is 14.0. The average Bonchev–Trinajstić information content (AvgIpc) is 3.31. The van der Waals surface area contributed by atoms with Gasteiger partial charge in [0.25, 0.3) is 5.91 Å². The van der Waals surface area contributed by atoms with Gasteiger partial charge in [-0.15, -0.1) is 16.4 Å². The predicted molar refractivity (Wildman–Crippen MR) is 113 cm³/mol. The minimum absolute atomic E-state index is 0.0924. The standard InChI is InChI=1S/C22H21FN4OS/c1-2-5-15-8-10-16(11-9-15)21(28)24-13-12-17-14-29-22-25-20(26-27(17)22)18-6-3-4-7-19(18)23/h3-4,6-11,14H,2,5,12-13H2,1H3,(H,24,28). The van der Waals surface area contributed by atoms with Gasteiger partial charge in [0.1, 0.15) is 5.82 Å². The fraction of sp³-hybridized carbons (Fsp3) is 0.227. The second-order valence-corrected chi connectivity index (χ2v) is 7.63. The number of nitrogens with zero attached hydrogens (tertiary/aromatic N) is 3. The zero-order valence-electron chi connectivity index (χ0n) is 16.1. The van der Waals surface area contributed by atoms with Crippen LogP contribution in [0.3, 0.4) is 0 Å². The highest BCUT2D eigenvalue weighted by Gasteiger charge is 2.14. The molecular formula is C22H21FN4OS. The number of rotatable bonds is 7. The molecule has 5 nitrogen and oxygen atoms in total. The van der Waals surface area contributed by atoms with Crippen molar-refractivity contribution in [3.05, 3.63) is 76.5 Å². The zero-order valence-corrected chi connectivity index (χ0v) is 16.9. The summed E-state index contributed by atoms with van der Waals surface area (Å²) in [5.74, 6) is -0.0675. The lowest BCUT2D eigenvalue weighted by atomic mass is 10.1. The lowest BCUT2D eigenvalue weighted by molar-refractivity contribution is 0.0954. The van der Waals surface area contributed by atoms with Crippen LogP contribution in [-0.2, 0) is 12.8 Å². The third kappa shape index (κ3) is 4.19. The molecule has 0 aliphatic heterocycles. The molecule has 148 valence electrons. The summed E-state index contributed by atoms with van der Waals surface area (Å²) >= 11 is 1.45. The van der Waals surface area contributed by atoms with Crippen molar-refractivity contribution in [2.24, 2.45) is 0 Å². The monoisotopic (exact) mass is 408 g/mol. The third-order valence-corrected chi connectivity index (χ3v) is 5.55. The second-order valence-electron chi connectivity index (χ2n) is 6.79. The summed E-state index contributed by atoms with van der Waals surface area (Å²) in [5, 5.41) is 9.36. The number of aryl methyl sites for hydroxylation is 1. The van der Waals surface area contributed by atoms with Crippen LogP contribution in [0.5, 0.6) is 0 Å². The number of hydrogen-bond donors (Lipinski definition) is 1. The van der Waals surface area contributed by atoms with Crippen LogP contribution in [0.2, 0.25) is 0 Å². The molecular weight excluding hydrogens is 387 g/mol. The molecule has 0 atom stereocenters. The molecule has 7 heteroatoms. The number of carbonyl (C=O) groups is 1. The molecule has 0 radical (unpaired) electrons. The van der Waals surface area contributed by atoms with Crippen LogP contribution in [0.15, 0.2) is 53.9 Å². The van der Waals surface area contributed by atoms with Gasteiger partial charge in [-0.25, -0.2) is 8.91 Å². The van der Waals surface area contributed by atoms with Crippen LogP contribution in [-0.4, -0.2) is 27.0 Å². The number of aromatic nitrogens is 3. The largest absolute Gasteiger partial charge is 0.352 e. The van der Waals surface area contributed by atoms with Gasteiger partial charge in [0.15, 0.2) is 5.82 Å². The smallest absolute Gasteiger partial charge is 0.251 e. The highest BCUT2D eigenvalue weighted by atomic mass is 32.1. The SMILES string of the molecule is CCCc1ccc(C(=O)NCCc2csc3nc(-c4ccccc4F)nn23)cc1. The first-order valence-corrected chi connectivity index (χ1v) is 10.5. The summed E-state index contributed by atoms with van der Waals surface area (Å²) in [6.45, 7) is 2.62. The van der Waals surface area contributed by atoms with E-state index in [1.54, 1.807) is 22.7 Å². The van der Waals surface area contributed by atoms with E-state index in [-0.39, 0.29) is 11.7 Å². The summed E-state index contributed by atoms with van der Waals surface area (Å²) in [6, 6.07) is 14.2. The third-order valence-electron chi connectivity index (χ3n) is 4.69. The van der Waals surface area contributed by atoms with Crippen molar-refractivity contribution in [3.8, 4) is 11.4 Å². The Morgan fingerprint density at radius 1 is 1.14 bits per heavy atom. The first-order chi connectivity index (χ1) is 14.2. The Morgan fingerprint density at radius 2 is 1.93 bits per heavy atom. The van der Waals surface area contributed by atoms with Crippen molar-refractivity contribution >= 4 is 22.2 Å². The molecule has 0 aliphatic carbocycles. The molecule has 0 spiro atoms. The molecule has 0 aliphatic rings. The highest BCUT2D eigenvalue weighted by molar-refractivity contribution is 7.15. The lowest BCUT2D eigenvalue weighted by Crippen LogP contribution is -2.26. The summed E-state index contributed by atoms with van der Waals surface area (Å²) < 4.78 is 15.7. The van der Waals surface area contributed by atoms with Crippen LogP contribution in [0, 0.1) is 5.82 Å². The first kappa shape index (κ1) is 19.3. The van der Waals surface area contributed by atoms with Crippen molar-refractivity contribution < 1.29 is 9.18 Å². The normalized spacial score (nSPS) is 11.1. The first-order valence-electron chi connectivity index (χ1n) is 9.61. The van der Waals surface area contributed by atoms with E-state index in [9.17, 15) is 9.18 Å². The molecule has 0 unspecified atom stereocenters. The molecule has 2 aromatic carbocycles. The highest BCUT2D eigenvalue weighted by Crippen LogP contribution is 2.23. The molecule has 4 rings (SSSR count). The van der Waals surface area contributed by atoms with E-state index in [1.807, 2.05) is 29.6 Å². The Morgan fingerprint density at radius 3 is 2.69 bits per heavy atom. The van der Waals surface area contributed by atoms with Gasteiger partial charge < -0.3 is 5.32 Å². The minimum Gasteiger partial charge on any atom is -0.352 e. The number of thiazole rings is 1. The summed E-state index contributed by atoms with van der Waals surface area (Å²) in [4.78, 5) is 17.5. The van der Waals surface area contributed by atoms with Gasteiger partial charge in [-0.3, -0.25) is 4.79 Å². The molecule has 0 saturated heterocycles.